The first-order valence-corrected chi connectivity index (χ1v) is 13.0. The molecule has 34 heavy (non-hydrogen) atoms. The van der Waals surface area contributed by atoms with Crippen molar-refractivity contribution in [1.82, 2.24) is 20.4 Å². The number of amides is 3. The lowest BCUT2D eigenvalue weighted by atomic mass is 9.89. The van der Waals surface area contributed by atoms with Crippen molar-refractivity contribution < 1.29 is 24.3 Å². The van der Waals surface area contributed by atoms with Crippen LogP contribution in [0.15, 0.2) is 28.6 Å². The molecule has 0 bridgehead atoms. The second kappa shape index (κ2) is 9.90. The molecule has 1 aromatic heterocycles. The fraction of sp³-hybridized carbons (Fsp3) is 0.400. The molecule has 4 rings (SSSR count). The number of benzene rings is 1. The smallest absolute Gasteiger partial charge is 0.313 e. The maximum atomic E-state index is 12.8. The van der Waals surface area contributed by atoms with Gasteiger partial charge in [-0.05, 0) is 24.6 Å². The van der Waals surface area contributed by atoms with Crippen LogP contribution in [-0.2, 0) is 19.2 Å². The Labute approximate surface area is 207 Å². The van der Waals surface area contributed by atoms with Gasteiger partial charge in [0.25, 0.3) is 0 Å². The molecule has 0 spiro atoms. The quantitative estimate of drug-likeness (QED) is 0.209. The minimum absolute atomic E-state index is 0.0627. The molecule has 1 aromatic carbocycles. The highest BCUT2D eigenvalue weighted by molar-refractivity contribution is 8.01. The number of aliphatic carboxylic acids is 1. The number of carbonyl (C=O) groups is 4. The molecular formula is C20H22N6O5S3. The minimum atomic E-state index is -1.12. The van der Waals surface area contributed by atoms with E-state index in [1.165, 1.54) is 39.8 Å². The second-order valence-electron chi connectivity index (χ2n) is 7.98. The molecule has 5 N–H and O–H groups in total. The molecule has 0 radical (unpaired) electrons. The molecular weight excluding hydrogens is 500 g/mol. The van der Waals surface area contributed by atoms with Gasteiger partial charge in [-0.1, -0.05) is 35.2 Å². The maximum Gasteiger partial charge on any atom is 0.313 e. The van der Waals surface area contributed by atoms with Crippen molar-refractivity contribution in [2.75, 3.05) is 23.4 Å². The highest BCUT2D eigenvalue weighted by Crippen LogP contribution is 2.44. The number of carboxylic acid groups (broad SMARTS) is 1. The fourth-order valence-corrected chi connectivity index (χ4v) is 7.37. The third-order valence-electron chi connectivity index (χ3n) is 5.65. The van der Waals surface area contributed by atoms with Gasteiger partial charge < -0.3 is 26.4 Å². The second-order valence-corrected chi connectivity index (χ2v) is 11.5. The van der Waals surface area contributed by atoms with E-state index >= 15 is 0 Å². The lowest BCUT2D eigenvalue weighted by molar-refractivity contribution is -0.157. The van der Waals surface area contributed by atoms with E-state index in [2.05, 4.69) is 20.8 Å². The van der Waals surface area contributed by atoms with Gasteiger partial charge in [0.15, 0.2) is 4.34 Å². The van der Waals surface area contributed by atoms with Gasteiger partial charge in [0, 0.05) is 23.7 Å². The van der Waals surface area contributed by atoms with E-state index in [1.54, 1.807) is 24.3 Å². The summed E-state index contributed by atoms with van der Waals surface area (Å²) in [5.41, 5.74) is 6.03. The average molecular weight is 523 g/mol. The summed E-state index contributed by atoms with van der Waals surface area (Å²) >= 11 is 4.06. The van der Waals surface area contributed by atoms with Gasteiger partial charge in [-0.25, -0.2) is 0 Å². The van der Waals surface area contributed by atoms with Crippen LogP contribution in [0.3, 0.4) is 0 Å². The van der Waals surface area contributed by atoms with Crippen LogP contribution in [-0.4, -0.2) is 73.9 Å². The Morgan fingerprint density at radius 3 is 2.74 bits per heavy atom. The van der Waals surface area contributed by atoms with Crippen LogP contribution in [0, 0.1) is 12.3 Å². The molecule has 180 valence electrons. The number of aryl methyl sites for hydroxylation is 1. The van der Waals surface area contributed by atoms with Gasteiger partial charge in [-0.15, -0.1) is 22.0 Å². The maximum absolute atomic E-state index is 12.8. The van der Waals surface area contributed by atoms with E-state index in [4.69, 9.17) is 5.73 Å². The van der Waals surface area contributed by atoms with Crippen molar-refractivity contribution in [2.24, 2.45) is 11.1 Å². The third kappa shape index (κ3) is 4.76. The van der Waals surface area contributed by atoms with E-state index in [9.17, 15) is 24.3 Å². The summed E-state index contributed by atoms with van der Waals surface area (Å²) in [4.78, 5) is 49.6. The molecule has 2 aliphatic rings. The van der Waals surface area contributed by atoms with Crippen LogP contribution in [0.4, 0.5) is 5.69 Å². The van der Waals surface area contributed by atoms with Crippen molar-refractivity contribution in [3.63, 3.8) is 0 Å². The zero-order chi connectivity index (χ0) is 24.5. The van der Waals surface area contributed by atoms with Crippen molar-refractivity contribution >= 4 is 64.7 Å². The molecule has 3 heterocycles. The Hall–Kier alpha value is -2.68. The molecule has 0 saturated carbocycles. The van der Waals surface area contributed by atoms with E-state index < -0.39 is 29.4 Å². The van der Waals surface area contributed by atoms with Gasteiger partial charge in [0.1, 0.15) is 27.9 Å². The summed E-state index contributed by atoms with van der Waals surface area (Å²) in [5.74, 6) is -1.25. The largest absolute Gasteiger partial charge is 0.481 e. The summed E-state index contributed by atoms with van der Waals surface area (Å²) in [6.45, 7) is 1.89. The van der Waals surface area contributed by atoms with Gasteiger partial charge in [0.2, 0.25) is 18.2 Å². The number of rotatable bonds is 9. The number of hydrogen-bond donors (Lipinski definition) is 4. The predicted molar refractivity (Wildman–Crippen MR) is 128 cm³/mol. The number of carboxylic acids is 1. The summed E-state index contributed by atoms with van der Waals surface area (Å²) in [5, 5.41) is 23.6. The Kier molecular flexibility index (Phi) is 7.12. The van der Waals surface area contributed by atoms with Crippen molar-refractivity contribution in [3.8, 4) is 0 Å². The number of nitrogens with zero attached hydrogens (tertiary/aromatic N) is 3. The molecule has 11 nitrogen and oxygen atoms in total. The molecule has 2 aliphatic heterocycles. The van der Waals surface area contributed by atoms with Crippen LogP contribution in [0.1, 0.15) is 16.6 Å². The summed E-state index contributed by atoms with van der Waals surface area (Å²) in [7, 11) is 0. The van der Waals surface area contributed by atoms with Crippen LogP contribution in [0.25, 0.3) is 0 Å². The molecule has 4 atom stereocenters. The summed E-state index contributed by atoms with van der Waals surface area (Å²) < 4.78 is 0.689. The van der Waals surface area contributed by atoms with E-state index in [0.717, 1.165) is 5.01 Å². The van der Waals surface area contributed by atoms with E-state index in [-0.39, 0.29) is 23.6 Å². The topological polar surface area (TPSA) is 168 Å². The normalized spacial score (nSPS) is 24.5. The number of fused-ring (bicyclic) bond motifs is 1. The Morgan fingerprint density at radius 2 is 2.12 bits per heavy atom. The molecule has 3 unspecified atom stereocenters. The SMILES string of the molecule is Cc1nnc(SCC2(C(=O)O)CS[C@@H]3C(NC(=O)C(N)c4ccc(NC=O)cc4)C(=O)N3C2)s1. The number of thioether (sulfide) groups is 2. The number of carbonyl (C=O) groups excluding carboxylic acids is 3. The van der Waals surface area contributed by atoms with E-state index in [1.807, 2.05) is 6.92 Å². The first kappa shape index (κ1) is 24.4. The molecule has 2 saturated heterocycles. The lowest BCUT2D eigenvalue weighted by Crippen LogP contribution is -2.74. The number of hydrogen-bond acceptors (Lipinski definition) is 10. The number of anilines is 1. The minimum Gasteiger partial charge on any atom is -0.481 e. The first-order chi connectivity index (χ1) is 16.2. The Balaban J connectivity index is 1.36. The Morgan fingerprint density at radius 1 is 1.38 bits per heavy atom. The zero-order valence-corrected chi connectivity index (χ0v) is 20.4. The van der Waals surface area contributed by atoms with Crippen LogP contribution in [0.5, 0.6) is 0 Å². The highest BCUT2D eigenvalue weighted by atomic mass is 32.2. The van der Waals surface area contributed by atoms with Gasteiger partial charge in [-0.2, -0.15) is 0 Å². The van der Waals surface area contributed by atoms with Gasteiger partial charge in [0.05, 0.1) is 0 Å². The molecule has 2 aromatic rings. The summed E-state index contributed by atoms with van der Waals surface area (Å²) in [6.07, 6.45) is 0.548. The number of aromatic nitrogens is 2. The predicted octanol–water partition coefficient (Wildman–Crippen LogP) is 0.678. The zero-order valence-electron chi connectivity index (χ0n) is 18.0. The third-order valence-corrected chi connectivity index (χ3v) is 9.50. The number of nitrogens with two attached hydrogens (primary N) is 1. The van der Waals surface area contributed by atoms with Gasteiger partial charge in [-0.3, -0.25) is 19.2 Å². The van der Waals surface area contributed by atoms with Crippen LogP contribution in [0.2, 0.25) is 0 Å². The van der Waals surface area contributed by atoms with Crippen LogP contribution < -0.4 is 16.4 Å². The standard InChI is InChI=1S/C20H22N6O5S3/c1-10-24-25-19(34-10)33-8-20(18(30)31)6-26-16(29)14(17(26)32-7-20)23-15(28)13(21)11-2-4-12(5-3-11)22-9-27/h2-5,9,13-14,17H,6-8,21H2,1H3,(H,22,27)(H,23,28)(H,30,31)/t13?,14?,17-,20?/m1/s1. The summed E-state index contributed by atoms with van der Waals surface area (Å²) in [6, 6.07) is 4.74. The number of β-lactam (4-membered cyclic amide) rings is 1. The van der Waals surface area contributed by atoms with Crippen molar-refractivity contribution in [3.05, 3.63) is 34.8 Å². The fourth-order valence-electron chi connectivity index (χ4n) is 3.69. The number of nitrogens with one attached hydrogen (secondary N) is 2. The Bertz CT molecular complexity index is 1110. The molecule has 0 aliphatic carbocycles. The van der Waals surface area contributed by atoms with Gasteiger partial charge >= 0.3 is 5.97 Å². The van der Waals surface area contributed by atoms with Crippen molar-refractivity contribution in [2.45, 2.75) is 28.7 Å². The van der Waals surface area contributed by atoms with Crippen LogP contribution >= 0.6 is 34.9 Å². The molecule has 3 amide bonds. The first-order valence-electron chi connectivity index (χ1n) is 10.2. The molecule has 14 heteroatoms. The lowest BCUT2D eigenvalue weighted by Gasteiger charge is -2.53. The average Bonchev–Trinajstić information content (AvgIpc) is 3.26. The highest BCUT2D eigenvalue weighted by Gasteiger charge is 2.57. The van der Waals surface area contributed by atoms with Crippen molar-refractivity contribution in [1.29, 1.82) is 0 Å². The monoisotopic (exact) mass is 522 g/mol. The van der Waals surface area contributed by atoms with E-state index in [0.29, 0.717) is 27.8 Å². The molecule has 2 fully saturated rings.